The van der Waals surface area contributed by atoms with E-state index in [-0.39, 0.29) is 6.04 Å². The minimum absolute atomic E-state index is 0.172. The molecular weight excluding hydrogens is 236 g/mol. The maximum absolute atomic E-state index is 4.29. The maximum Gasteiger partial charge on any atom is 0.0916 e. The number of rotatable bonds is 6. The molecule has 2 rings (SSSR count). The van der Waals surface area contributed by atoms with Gasteiger partial charge < -0.3 is 5.32 Å². The number of nitrogens with one attached hydrogen (secondary N) is 1. The third-order valence-corrected chi connectivity index (χ3v) is 2.93. The summed E-state index contributed by atoms with van der Waals surface area (Å²) in [6.07, 6.45) is 5.63. The van der Waals surface area contributed by atoms with Crippen molar-refractivity contribution < 1.29 is 0 Å². The smallest absolute Gasteiger partial charge is 0.0916 e. The first-order valence-electron chi connectivity index (χ1n) is 5.65. The van der Waals surface area contributed by atoms with Gasteiger partial charge >= 0.3 is 0 Å². The molecule has 2 heterocycles. The van der Waals surface area contributed by atoms with Gasteiger partial charge in [0.2, 0.25) is 0 Å². The molecular formula is C10H16N6S. The van der Waals surface area contributed by atoms with Crippen LogP contribution in [0.3, 0.4) is 0 Å². The van der Waals surface area contributed by atoms with Crippen LogP contribution < -0.4 is 5.32 Å². The highest BCUT2D eigenvalue weighted by Crippen LogP contribution is 2.15. The molecule has 2 aromatic rings. The Labute approximate surface area is 104 Å². The Balaban J connectivity index is 2.05. The molecule has 0 saturated heterocycles. The summed E-state index contributed by atoms with van der Waals surface area (Å²) in [6.45, 7) is 3.11. The fraction of sp³-hybridized carbons (Fsp3) is 0.600. The molecule has 0 aliphatic rings. The van der Waals surface area contributed by atoms with Crippen molar-refractivity contribution in [1.82, 2.24) is 29.1 Å². The fourth-order valence-corrected chi connectivity index (χ4v) is 2.09. The van der Waals surface area contributed by atoms with Crippen LogP contribution in [0.2, 0.25) is 0 Å². The molecule has 2 aromatic heterocycles. The number of aromatic nitrogens is 5. The molecule has 7 heteroatoms. The second kappa shape index (κ2) is 5.83. The van der Waals surface area contributed by atoms with Gasteiger partial charge in [0.25, 0.3) is 0 Å². The molecule has 0 fully saturated rings. The molecule has 0 aliphatic carbocycles. The number of hydrogen-bond acceptors (Lipinski definition) is 6. The summed E-state index contributed by atoms with van der Waals surface area (Å²) in [5.41, 5.74) is 1.95. The Kier molecular flexibility index (Phi) is 4.16. The van der Waals surface area contributed by atoms with Gasteiger partial charge in [0, 0.05) is 19.7 Å². The quantitative estimate of drug-likeness (QED) is 0.829. The van der Waals surface area contributed by atoms with Gasteiger partial charge in [-0.1, -0.05) is 12.1 Å². The van der Waals surface area contributed by atoms with Crippen LogP contribution in [-0.2, 0) is 13.5 Å². The molecule has 92 valence electrons. The largest absolute Gasteiger partial charge is 0.308 e. The van der Waals surface area contributed by atoms with Crippen molar-refractivity contribution in [2.75, 3.05) is 6.54 Å². The predicted molar refractivity (Wildman–Crippen MR) is 65.7 cm³/mol. The van der Waals surface area contributed by atoms with Gasteiger partial charge in [0.05, 0.1) is 35.4 Å². The normalized spacial score (nSPS) is 12.8. The van der Waals surface area contributed by atoms with Gasteiger partial charge in [-0.05, 0) is 13.0 Å². The van der Waals surface area contributed by atoms with E-state index < -0.39 is 0 Å². The standard InChI is InChI=1S/C10H16N6S/c1-3-4-11-9(10-6-12-17-14-10)5-8-7-16(2)15-13-8/h6-7,9,11H,3-5H2,1-2H3. The van der Waals surface area contributed by atoms with Crippen LogP contribution >= 0.6 is 11.7 Å². The van der Waals surface area contributed by atoms with E-state index in [0.717, 1.165) is 30.8 Å². The zero-order chi connectivity index (χ0) is 12.1. The molecule has 0 spiro atoms. The Bertz CT molecular complexity index is 437. The zero-order valence-electron chi connectivity index (χ0n) is 10.00. The van der Waals surface area contributed by atoms with Crippen LogP contribution in [0.25, 0.3) is 0 Å². The van der Waals surface area contributed by atoms with Crippen molar-refractivity contribution >= 4 is 11.7 Å². The molecule has 0 amide bonds. The summed E-state index contributed by atoms with van der Waals surface area (Å²) in [5.74, 6) is 0. The summed E-state index contributed by atoms with van der Waals surface area (Å²) in [5, 5.41) is 11.5. The molecule has 0 saturated carbocycles. The van der Waals surface area contributed by atoms with Crippen molar-refractivity contribution in [3.63, 3.8) is 0 Å². The molecule has 6 nitrogen and oxygen atoms in total. The lowest BCUT2D eigenvalue weighted by Gasteiger charge is -2.14. The van der Waals surface area contributed by atoms with Crippen LogP contribution in [0.4, 0.5) is 0 Å². The number of hydrogen-bond donors (Lipinski definition) is 1. The molecule has 1 unspecified atom stereocenters. The third-order valence-electron chi connectivity index (χ3n) is 2.44. The van der Waals surface area contributed by atoms with Crippen LogP contribution in [0, 0.1) is 0 Å². The first-order valence-corrected chi connectivity index (χ1v) is 6.38. The van der Waals surface area contributed by atoms with Crippen LogP contribution in [0.1, 0.15) is 30.8 Å². The van der Waals surface area contributed by atoms with E-state index in [0.29, 0.717) is 0 Å². The monoisotopic (exact) mass is 252 g/mol. The van der Waals surface area contributed by atoms with Crippen molar-refractivity contribution in [2.24, 2.45) is 7.05 Å². The van der Waals surface area contributed by atoms with Crippen molar-refractivity contribution in [3.05, 3.63) is 23.8 Å². The summed E-state index contributed by atoms with van der Waals surface area (Å²) in [7, 11) is 1.87. The van der Waals surface area contributed by atoms with E-state index in [1.54, 1.807) is 4.68 Å². The first-order chi connectivity index (χ1) is 8.29. The SMILES string of the molecule is CCCNC(Cc1cn(C)nn1)c1cnsn1. The highest BCUT2D eigenvalue weighted by atomic mass is 32.1. The van der Waals surface area contributed by atoms with E-state index in [9.17, 15) is 0 Å². The Morgan fingerprint density at radius 1 is 1.53 bits per heavy atom. The van der Waals surface area contributed by atoms with E-state index in [4.69, 9.17) is 0 Å². The number of nitrogens with zero attached hydrogens (tertiary/aromatic N) is 5. The van der Waals surface area contributed by atoms with Gasteiger partial charge in [0.1, 0.15) is 0 Å². The van der Waals surface area contributed by atoms with E-state index in [2.05, 4.69) is 31.3 Å². The van der Waals surface area contributed by atoms with Gasteiger partial charge in [-0.15, -0.1) is 5.10 Å². The van der Waals surface area contributed by atoms with E-state index in [1.807, 2.05) is 19.4 Å². The maximum atomic E-state index is 4.29. The second-order valence-corrected chi connectivity index (χ2v) is 4.48. The molecule has 1 atom stereocenters. The Hall–Kier alpha value is -1.34. The summed E-state index contributed by atoms with van der Waals surface area (Å²) in [4.78, 5) is 0. The average Bonchev–Trinajstić information content (AvgIpc) is 2.95. The van der Waals surface area contributed by atoms with Gasteiger partial charge in [-0.3, -0.25) is 4.68 Å². The van der Waals surface area contributed by atoms with Crippen LogP contribution in [-0.4, -0.2) is 30.3 Å². The average molecular weight is 252 g/mol. The van der Waals surface area contributed by atoms with Crippen LogP contribution in [0.15, 0.2) is 12.4 Å². The van der Waals surface area contributed by atoms with Crippen molar-refractivity contribution in [2.45, 2.75) is 25.8 Å². The van der Waals surface area contributed by atoms with E-state index >= 15 is 0 Å². The zero-order valence-corrected chi connectivity index (χ0v) is 10.8. The minimum atomic E-state index is 0.172. The summed E-state index contributed by atoms with van der Waals surface area (Å²) >= 11 is 1.24. The predicted octanol–water partition coefficient (Wildman–Crippen LogP) is 0.950. The van der Waals surface area contributed by atoms with E-state index in [1.165, 1.54) is 11.7 Å². The molecule has 0 radical (unpaired) electrons. The second-order valence-electron chi connectivity index (χ2n) is 3.93. The van der Waals surface area contributed by atoms with Gasteiger partial charge in [0.15, 0.2) is 0 Å². The first kappa shape index (κ1) is 12.1. The highest BCUT2D eigenvalue weighted by Gasteiger charge is 2.15. The summed E-state index contributed by atoms with van der Waals surface area (Å²) in [6, 6.07) is 0.172. The molecule has 0 bridgehead atoms. The fourth-order valence-electron chi connectivity index (χ4n) is 1.62. The lowest BCUT2D eigenvalue weighted by Crippen LogP contribution is -2.24. The lowest BCUT2D eigenvalue weighted by molar-refractivity contribution is 0.516. The third kappa shape index (κ3) is 3.31. The van der Waals surface area contributed by atoms with Crippen LogP contribution in [0.5, 0.6) is 0 Å². The minimum Gasteiger partial charge on any atom is -0.308 e. The topological polar surface area (TPSA) is 68.5 Å². The summed E-state index contributed by atoms with van der Waals surface area (Å²) < 4.78 is 10.0. The lowest BCUT2D eigenvalue weighted by atomic mass is 10.1. The highest BCUT2D eigenvalue weighted by molar-refractivity contribution is 6.99. The van der Waals surface area contributed by atoms with Crippen molar-refractivity contribution in [3.8, 4) is 0 Å². The number of aryl methyl sites for hydroxylation is 1. The molecule has 17 heavy (non-hydrogen) atoms. The molecule has 0 aliphatic heterocycles. The van der Waals surface area contributed by atoms with Gasteiger partial charge in [-0.2, -0.15) is 8.75 Å². The Morgan fingerprint density at radius 2 is 2.41 bits per heavy atom. The molecule has 1 N–H and O–H groups in total. The Morgan fingerprint density at radius 3 is 3.00 bits per heavy atom. The van der Waals surface area contributed by atoms with Crippen molar-refractivity contribution in [1.29, 1.82) is 0 Å². The molecule has 0 aromatic carbocycles. The van der Waals surface area contributed by atoms with Gasteiger partial charge in [-0.25, -0.2) is 0 Å².